The second-order valence-corrected chi connectivity index (χ2v) is 9.12. The molecule has 3 saturated heterocycles. The van der Waals surface area contributed by atoms with Crippen molar-refractivity contribution >= 4 is 11.7 Å². The van der Waals surface area contributed by atoms with Crippen LogP contribution in [0.15, 0.2) is 23.8 Å². The number of likely N-dealkylation sites (N-methyl/N-ethyl adjacent to an activating group) is 1. The summed E-state index contributed by atoms with van der Waals surface area (Å²) in [5.41, 5.74) is 2.43. The molecule has 4 bridgehead atoms. The maximum atomic E-state index is 13.4. The van der Waals surface area contributed by atoms with Gasteiger partial charge < -0.3 is 23.8 Å². The van der Waals surface area contributed by atoms with E-state index < -0.39 is 11.1 Å². The Labute approximate surface area is 176 Å². The SMILES string of the molecule is CC=C1CN2C3CC45c6cc(OC)c(OC)cc6N(C)C4(O3)C2CC1C5C(=O)OC. The van der Waals surface area contributed by atoms with E-state index in [1.165, 1.54) is 12.7 Å². The van der Waals surface area contributed by atoms with E-state index in [0.29, 0.717) is 11.5 Å². The fourth-order valence-corrected chi connectivity index (χ4v) is 7.58. The second kappa shape index (κ2) is 5.71. The Morgan fingerprint density at radius 3 is 2.63 bits per heavy atom. The van der Waals surface area contributed by atoms with Gasteiger partial charge in [0.1, 0.15) is 6.23 Å². The summed E-state index contributed by atoms with van der Waals surface area (Å²) in [7, 11) is 6.90. The van der Waals surface area contributed by atoms with E-state index in [9.17, 15) is 4.79 Å². The lowest BCUT2D eigenvalue weighted by atomic mass is 9.49. The molecule has 4 heterocycles. The molecule has 6 atom stereocenters. The number of rotatable bonds is 3. The van der Waals surface area contributed by atoms with Gasteiger partial charge in [-0.15, -0.1) is 0 Å². The molecule has 4 fully saturated rings. The summed E-state index contributed by atoms with van der Waals surface area (Å²) < 4.78 is 23.6. The number of benzene rings is 1. The molecule has 7 nitrogen and oxygen atoms in total. The molecule has 5 aliphatic rings. The standard InChI is InChI=1S/C23H28N2O5/c1-6-12-11-25-18-7-13(12)20(21(26)29-5)22-10-19(25)30-23(18,22)24(2)15-9-17(28-4)16(27-3)8-14(15)22/h6,8-9,13,18-20H,7,10-11H2,1-5H3. The van der Waals surface area contributed by atoms with Crippen molar-refractivity contribution in [1.82, 2.24) is 4.90 Å². The van der Waals surface area contributed by atoms with Crippen LogP contribution in [0.3, 0.4) is 0 Å². The molecule has 1 aromatic rings. The molecular weight excluding hydrogens is 384 g/mol. The number of allylic oxidation sites excluding steroid dienone is 1. The van der Waals surface area contributed by atoms with Crippen molar-refractivity contribution in [3.63, 3.8) is 0 Å². The largest absolute Gasteiger partial charge is 0.493 e. The Bertz CT molecular complexity index is 992. The molecule has 7 heteroatoms. The lowest BCUT2D eigenvalue weighted by Gasteiger charge is -2.61. The van der Waals surface area contributed by atoms with Gasteiger partial charge in [0.2, 0.25) is 0 Å². The van der Waals surface area contributed by atoms with E-state index >= 15 is 0 Å². The number of anilines is 1. The van der Waals surface area contributed by atoms with Crippen molar-refractivity contribution in [2.24, 2.45) is 11.8 Å². The summed E-state index contributed by atoms with van der Waals surface area (Å²) in [6.45, 7) is 2.94. The van der Waals surface area contributed by atoms with E-state index in [4.69, 9.17) is 18.9 Å². The van der Waals surface area contributed by atoms with E-state index in [1.807, 2.05) is 6.07 Å². The molecular formula is C23H28N2O5. The first kappa shape index (κ1) is 18.5. The first-order chi connectivity index (χ1) is 14.5. The van der Waals surface area contributed by atoms with Crippen molar-refractivity contribution in [3.05, 3.63) is 29.3 Å². The smallest absolute Gasteiger partial charge is 0.310 e. The highest BCUT2D eigenvalue weighted by molar-refractivity contribution is 5.83. The van der Waals surface area contributed by atoms with Crippen LogP contribution in [0.4, 0.5) is 5.69 Å². The predicted molar refractivity (Wildman–Crippen MR) is 110 cm³/mol. The van der Waals surface area contributed by atoms with Gasteiger partial charge in [0, 0.05) is 31.8 Å². The third-order valence-corrected chi connectivity index (χ3v) is 8.59. The van der Waals surface area contributed by atoms with Crippen LogP contribution in [-0.2, 0) is 19.7 Å². The van der Waals surface area contributed by atoms with Crippen LogP contribution in [0, 0.1) is 11.8 Å². The van der Waals surface area contributed by atoms with Crippen LogP contribution in [-0.4, -0.2) is 63.8 Å². The van der Waals surface area contributed by atoms with Crippen LogP contribution in [0.2, 0.25) is 0 Å². The molecule has 1 spiro atoms. The van der Waals surface area contributed by atoms with Gasteiger partial charge in [0.15, 0.2) is 17.2 Å². The zero-order chi connectivity index (χ0) is 21.0. The summed E-state index contributed by atoms with van der Waals surface area (Å²) in [5, 5.41) is 0. The molecule has 160 valence electrons. The Kier molecular flexibility index (Phi) is 3.52. The van der Waals surface area contributed by atoms with Crippen LogP contribution in [0.1, 0.15) is 25.3 Å². The average molecular weight is 412 g/mol. The van der Waals surface area contributed by atoms with Gasteiger partial charge in [-0.2, -0.15) is 0 Å². The maximum absolute atomic E-state index is 13.4. The fourth-order valence-electron chi connectivity index (χ4n) is 7.58. The number of esters is 1. The first-order valence-corrected chi connectivity index (χ1v) is 10.6. The monoisotopic (exact) mass is 412 g/mol. The number of hydrogen-bond acceptors (Lipinski definition) is 7. The molecule has 0 amide bonds. The van der Waals surface area contributed by atoms with Gasteiger partial charge in [-0.3, -0.25) is 9.69 Å². The number of piperidine rings is 2. The molecule has 6 rings (SSSR count). The number of nitrogens with zero attached hydrogens (tertiary/aromatic N) is 2. The number of ether oxygens (including phenoxy) is 4. The van der Waals surface area contributed by atoms with E-state index in [2.05, 4.69) is 35.9 Å². The average Bonchev–Trinajstić information content (AvgIpc) is 3.37. The van der Waals surface area contributed by atoms with E-state index in [1.54, 1.807) is 14.2 Å². The summed E-state index contributed by atoms with van der Waals surface area (Å²) in [6.07, 6.45) is 3.88. The molecule has 1 aliphatic carbocycles. The van der Waals surface area contributed by atoms with Crippen molar-refractivity contribution in [2.75, 3.05) is 39.8 Å². The van der Waals surface area contributed by atoms with Crippen molar-refractivity contribution in [3.8, 4) is 11.5 Å². The Morgan fingerprint density at radius 2 is 1.97 bits per heavy atom. The molecule has 1 saturated carbocycles. The van der Waals surface area contributed by atoms with Crippen molar-refractivity contribution < 1.29 is 23.7 Å². The summed E-state index contributed by atoms with van der Waals surface area (Å²) in [5.74, 6) is 1.09. The number of methoxy groups -OCH3 is 3. The number of carbonyl (C=O) groups is 1. The molecule has 0 radical (unpaired) electrons. The van der Waals surface area contributed by atoms with Crippen LogP contribution in [0.25, 0.3) is 0 Å². The van der Waals surface area contributed by atoms with Gasteiger partial charge in [-0.25, -0.2) is 0 Å². The quantitative estimate of drug-likeness (QED) is 0.558. The lowest BCUT2D eigenvalue weighted by molar-refractivity contribution is -0.162. The minimum atomic E-state index is -0.577. The summed E-state index contributed by atoms with van der Waals surface area (Å²) in [4.78, 5) is 18.2. The molecule has 1 aromatic carbocycles. The van der Waals surface area contributed by atoms with Crippen molar-refractivity contribution in [2.45, 2.75) is 43.2 Å². The minimum Gasteiger partial charge on any atom is -0.493 e. The molecule has 30 heavy (non-hydrogen) atoms. The van der Waals surface area contributed by atoms with Crippen LogP contribution < -0.4 is 14.4 Å². The molecule has 0 aromatic heterocycles. The zero-order valence-corrected chi connectivity index (χ0v) is 18.1. The normalized spacial score (nSPS) is 41.2. The van der Waals surface area contributed by atoms with Crippen molar-refractivity contribution in [1.29, 1.82) is 0 Å². The molecule has 0 N–H and O–H groups in total. The van der Waals surface area contributed by atoms with Gasteiger partial charge in [-0.05, 0) is 30.9 Å². The van der Waals surface area contributed by atoms with Gasteiger partial charge >= 0.3 is 5.97 Å². The maximum Gasteiger partial charge on any atom is 0.310 e. The van der Waals surface area contributed by atoms with Gasteiger partial charge in [-0.1, -0.05) is 11.6 Å². The summed E-state index contributed by atoms with van der Waals surface area (Å²) >= 11 is 0. The topological polar surface area (TPSA) is 60.5 Å². The van der Waals surface area contributed by atoms with Gasteiger partial charge in [0.25, 0.3) is 0 Å². The third kappa shape index (κ3) is 1.69. The number of hydrogen-bond donors (Lipinski definition) is 0. The fraction of sp³-hybridized carbons (Fsp3) is 0.609. The zero-order valence-electron chi connectivity index (χ0n) is 18.1. The van der Waals surface area contributed by atoms with Gasteiger partial charge in [0.05, 0.1) is 38.7 Å². The Morgan fingerprint density at radius 1 is 1.23 bits per heavy atom. The Hall–Kier alpha value is -2.25. The predicted octanol–water partition coefficient (Wildman–Crippen LogP) is 2.29. The summed E-state index contributed by atoms with van der Waals surface area (Å²) in [6, 6.07) is 4.34. The lowest BCUT2D eigenvalue weighted by Crippen LogP contribution is -2.75. The van der Waals surface area contributed by atoms with E-state index in [-0.39, 0.29) is 30.1 Å². The third-order valence-electron chi connectivity index (χ3n) is 8.59. The molecule has 4 aliphatic heterocycles. The van der Waals surface area contributed by atoms with Crippen LogP contribution >= 0.6 is 0 Å². The first-order valence-electron chi connectivity index (χ1n) is 10.6. The number of fused-ring (bicyclic) bond motifs is 4. The number of carbonyl (C=O) groups excluding carboxylic acids is 1. The second-order valence-electron chi connectivity index (χ2n) is 9.12. The highest BCUT2D eigenvalue weighted by Gasteiger charge is 2.83. The van der Waals surface area contributed by atoms with E-state index in [0.717, 1.165) is 30.6 Å². The molecule has 6 unspecified atom stereocenters. The highest BCUT2D eigenvalue weighted by atomic mass is 16.6. The highest BCUT2D eigenvalue weighted by Crippen LogP contribution is 2.74. The Balaban J connectivity index is 1.67. The minimum absolute atomic E-state index is 0.00190. The van der Waals surface area contributed by atoms with Crippen LogP contribution in [0.5, 0.6) is 11.5 Å².